The summed E-state index contributed by atoms with van der Waals surface area (Å²) in [7, 11) is 0. The first-order valence-corrected chi connectivity index (χ1v) is 9.55. The molecule has 0 radical (unpaired) electrons. The maximum Gasteiger partial charge on any atom is 0.511 e. The van der Waals surface area contributed by atoms with Gasteiger partial charge in [0.15, 0.2) is 11.6 Å². The Labute approximate surface area is 176 Å². The maximum absolute atomic E-state index is 15.4. The van der Waals surface area contributed by atoms with Crippen molar-refractivity contribution in [2.45, 2.75) is 25.1 Å². The van der Waals surface area contributed by atoms with Gasteiger partial charge in [-0.25, -0.2) is 13.6 Å². The normalized spacial score (nSPS) is 16.7. The quantitative estimate of drug-likeness (QED) is 0.525. The fourth-order valence-electron chi connectivity index (χ4n) is 3.72. The van der Waals surface area contributed by atoms with Gasteiger partial charge in [-0.2, -0.15) is 13.2 Å². The van der Waals surface area contributed by atoms with E-state index in [4.69, 9.17) is 5.11 Å². The van der Waals surface area contributed by atoms with Crippen LogP contribution in [0.4, 0.5) is 32.4 Å². The number of nitrogens with one attached hydrogen (secondary N) is 1. The number of carbonyl (C=O) groups is 2. The summed E-state index contributed by atoms with van der Waals surface area (Å²) < 4.78 is 72.8. The van der Waals surface area contributed by atoms with Gasteiger partial charge in [-0.05, 0) is 18.9 Å². The molecule has 8 nitrogen and oxygen atoms in total. The molecule has 1 saturated heterocycles. The van der Waals surface area contributed by atoms with Crippen LogP contribution in [0.15, 0.2) is 17.1 Å². The molecular formula is C19H16F5N3O5. The zero-order chi connectivity index (χ0) is 23.4. The molecule has 1 aromatic carbocycles. The Morgan fingerprint density at radius 1 is 1.22 bits per heavy atom. The van der Waals surface area contributed by atoms with Gasteiger partial charge in [0.05, 0.1) is 17.1 Å². The molecular weight excluding hydrogens is 445 g/mol. The van der Waals surface area contributed by atoms with E-state index >= 15 is 4.39 Å². The monoisotopic (exact) mass is 461 g/mol. The highest BCUT2D eigenvalue weighted by Gasteiger charge is 2.40. The predicted octanol–water partition coefficient (Wildman–Crippen LogP) is 2.79. The molecule has 1 saturated carbocycles. The lowest BCUT2D eigenvalue weighted by atomic mass is 9.98. The van der Waals surface area contributed by atoms with E-state index in [1.165, 1.54) is 9.47 Å². The summed E-state index contributed by atoms with van der Waals surface area (Å²) in [5, 5.41) is 10.2. The van der Waals surface area contributed by atoms with Crippen LogP contribution in [0.5, 0.6) is 5.75 Å². The number of halogens is 5. The van der Waals surface area contributed by atoms with Crippen molar-refractivity contribution in [2.24, 2.45) is 5.92 Å². The van der Waals surface area contributed by atoms with Crippen molar-refractivity contribution in [3.8, 4) is 5.75 Å². The molecule has 1 aliphatic heterocycles. The first kappa shape index (κ1) is 21.8. The van der Waals surface area contributed by atoms with Gasteiger partial charge in [0.25, 0.3) is 0 Å². The van der Waals surface area contributed by atoms with Crippen LogP contribution < -0.4 is 20.4 Å². The minimum Gasteiger partial charge on any atom is -0.449 e. The third kappa shape index (κ3) is 3.94. The van der Waals surface area contributed by atoms with Crippen LogP contribution in [-0.4, -0.2) is 47.5 Å². The standard InChI is InChI=1S/C19H16F5N3O5/c20-11-3-10-14(27(9-1-2-9)7-12(16(10)28)32-18(30)31)13(21)15(11)26-5-8(6-26)4-25-17(29)19(22,23)24/h3,7-9H,1-2,4-6H2,(H,25,29)(H,30,31). The van der Waals surface area contributed by atoms with Gasteiger partial charge in [0, 0.05) is 31.6 Å². The molecule has 2 aromatic rings. The van der Waals surface area contributed by atoms with E-state index in [0.29, 0.717) is 12.8 Å². The summed E-state index contributed by atoms with van der Waals surface area (Å²) in [5.41, 5.74) is -1.64. The van der Waals surface area contributed by atoms with Gasteiger partial charge in [-0.1, -0.05) is 0 Å². The average Bonchev–Trinajstić information content (AvgIpc) is 3.48. The molecule has 2 aliphatic rings. The van der Waals surface area contributed by atoms with Crippen LogP contribution in [0, 0.1) is 17.6 Å². The number of anilines is 1. The Balaban J connectivity index is 1.63. The summed E-state index contributed by atoms with van der Waals surface area (Å²) in [5.74, 6) is -5.24. The van der Waals surface area contributed by atoms with Crippen molar-refractivity contribution in [1.29, 1.82) is 0 Å². The minimum atomic E-state index is -5.02. The predicted molar refractivity (Wildman–Crippen MR) is 99.8 cm³/mol. The van der Waals surface area contributed by atoms with Crippen LogP contribution in [0.2, 0.25) is 0 Å². The summed E-state index contributed by atoms with van der Waals surface area (Å²) >= 11 is 0. The molecule has 13 heteroatoms. The van der Waals surface area contributed by atoms with Gasteiger partial charge >= 0.3 is 18.2 Å². The Morgan fingerprint density at radius 2 is 1.88 bits per heavy atom. The summed E-state index contributed by atoms with van der Waals surface area (Å²) in [6, 6.07) is 0.575. The second-order valence-corrected chi connectivity index (χ2v) is 7.72. The van der Waals surface area contributed by atoms with E-state index in [2.05, 4.69) is 4.74 Å². The molecule has 0 unspecified atom stereocenters. The SMILES string of the molecule is O=C(O)Oc1cn(C2CC2)c2c(F)c(N3CC(CNC(=O)C(F)(F)F)C3)c(F)cc2c1=O. The van der Waals surface area contributed by atoms with E-state index in [0.717, 1.165) is 12.3 Å². The first-order chi connectivity index (χ1) is 15.0. The molecule has 2 heterocycles. The van der Waals surface area contributed by atoms with Crippen molar-refractivity contribution in [3.63, 3.8) is 0 Å². The first-order valence-electron chi connectivity index (χ1n) is 9.55. The number of ether oxygens (including phenoxy) is 1. The van der Waals surface area contributed by atoms with E-state index in [9.17, 15) is 31.9 Å². The van der Waals surface area contributed by atoms with Gasteiger partial charge in [-0.15, -0.1) is 0 Å². The molecule has 0 atom stereocenters. The lowest BCUT2D eigenvalue weighted by Gasteiger charge is -2.41. The van der Waals surface area contributed by atoms with Gasteiger partial charge in [0.2, 0.25) is 5.43 Å². The number of carbonyl (C=O) groups excluding carboxylic acids is 1. The largest absolute Gasteiger partial charge is 0.511 e. The highest BCUT2D eigenvalue weighted by Crippen LogP contribution is 2.41. The third-order valence-electron chi connectivity index (χ3n) is 5.37. The molecule has 1 aromatic heterocycles. The number of rotatable bonds is 5. The fourth-order valence-corrected chi connectivity index (χ4v) is 3.72. The number of alkyl halides is 3. The highest BCUT2D eigenvalue weighted by molar-refractivity contribution is 5.86. The van der Waals surface area contributed by atoms with Crippen molar-refractivity contribution >= 4 is 28.7 Å². The summed E-state index contributed by atoms with van der Waals surface area (Å²) in [6.07, 6.45) is -4.41. The second-order valence-electron chi connectivity index (χ2n) is 7.72. The second kappa shape index (κ2) is 7.64. The number of benzene rings is 1. The number of nitrogens with zero attached hydrogens (tertiary/aromatic N) is 2. The summed E-state index contributed by atoms with van der Waals surface area (Å²) in [6.45, 7) is -0.328. The van der Waals surface area contributed by atoms with Crippen molar-refractivity contribution in [2.75, 3.05) is 24.5 Å². The third-order valence-corrected chi connectivity index (χ3v) is 5.37. The fraction of sp³-hybridized carbons (Fsp3) is 0.421. The summed E-state index contributed by atoms with van der Waals surface area (Å²) in [4.78, 5) is 35.5. The molecule has 0 bridgehead atoms. The van der Waals surface area contributed by atoms with Crippen molar-refractivity contribution < 1.29 is 41.4 Å². The van der Waals surface area contributed by atoms with Crippen molar-refractivity contribution in [1.82, 2.24) is 9.88 Å². The minimum absolute atomic E-state index is 0.00858. The van der Waals surface area contributed by atoms with Crippen LogP contribution in [-0.2, 0) is 4.79 Å². The van der Waals surface area contributed by atoms with E-state index in [-0.39, 0.29) is 36.6 Å². The maximum atomic E-state index is 15.4. The lowest BCUT2D eigenvalue weighted by Crippen LogP contribution is -2.53. The van der Waals surface area contributed by atoms with Crippen LogP contribution in [0.3, 0.4) is 0 Å². The van der Waals surface area contributed by atoms with Crippen molar-refractivity contribution in [3.05, 3.63) is 34.1 Å². The number of hydrogen-bond donors (Lipinski definition) is 2. The molecule has 32 heavy (non-hydrogen) atoms. The number of amides is 1. The van der Waals surface area contributed by atoms with E-state index in [1.807, 2.05) is 0 Å². The lowest BCUT2D eigenvalue weighted by molar-refractivity contribution is -0.173. The Hall–Kier alpha value is -3.38. The number of carboxylic acid groups (broad SMARTS) is 1. The topological polar surface area (TPSA) is 101 Å². The molecule has 1 aliphatic carbocycles. The molecule has 4 rings (SSSR count). The van der Waals surface area contributed by atoms with Gasteiger partial charge in [0.1, 0.15) is 11.5 Å². The average molecular weight is 461 g/mol. The van der Waals surface area contributed by atoms with Crippen LogP contribution in [0.1, 0.15) is 18.9 Å². The van der Waals surface area contributed by atoms with E-state index < -0.39 is 52.7 Å². The molecule has 2 fully saturated rings. The van der Waals surface area contributed by atoms with E-state index in [1.54, 1.807) is 5.32 Å². The number of pyridine rings is 1. The zero-order valence-electron chi connectivity index (χ0n) is 16.2. The number of hydrogen-bond acceptors (Lipinski definition) is 5. The molecule has 2 N–H and O–H groups in total. The Morgan fingerprint density at radius 3 is 2.44 bits per heavy atom. The Kier molecular flexibility index (Phi) is 5.21. The number of aromatic nitrogens is 1. The zero-order valence-corrected chi connectivity index (χ0v) is 16.2. The number of fused-ring (bicyclic) bond motifs is 1. The Bertz CT molecular complexity index is 1170. The van der Waals surface area contributed by atoms with Gasteiger partial charge < -0.3 is 24.6 Å². The molecule has 0 spiro atoms. The van der Waals surface area contributed by atoms with Crippen LogP contribution >= 0.6 is 0 Å². The van der Waals surface area contributed by atoms with Crippen LogP contribution in [0.25, 0.3) is 10.9 Å². The molecule has 172 valence electrons. The van der Waals surface area contributed by atoms with Gasteiger partial charge in [-0.3, -0.25) is 9.59 Å². The smallest absolute Gasteiger partial charge is 0.449 e. The highest BCUT2D eigenvalue weighted by atomic mass is 19.4. The molecule has 1 amide bonds.